The molecule has 0 aliphatic rings. The lowest BCUT2D eigenvalue weighted by molar-refractivity contribution is -0.440. The molecular weight excluding hydrogens is 410 g/mol. The molecule has 0 radical (unpaired) electrons. The van der Waals surface area contributed by atoms with E-state index in [9.17, 15) is 61.5 Å². The zero-order valence-corrected chi connectivity index (χ0v) is 13.1. The Hall–Kier alpha value is -0.980. The summed E-state index contributed by atoms with van der Waals surface area (Å²) in [5.74, 6) is -51.8. The molecule has 0 amide bonds. The van der Waals surface area contributed by atoms with Crippen molar-refractivity contribution in [1.82, 2.24) is 0 Å². The van der Waals surface area contributed by atoms with Crippen LogP contribution in [-0.2, 0) is 0 Å². The van der Waals surface area contributed by atoms with Crippen LogP contribution in [0.25, 0.3) is 0 Å². The molecule has 0 N–H and O–H groups in total. The third-order valence-electron chi connectivity index (χ3n) is 3.25. The van der Waals surface area contributed by atoms with Crippen molar-refractivity contribution in [2.24, 2.45) is 5.92 Å². The van der Waals surface area contributed by atoms with Crippen LogP contribution in [0.4, 0.5) is 61.5 Å². The van der Waals surface area contributed by atoms with Crippen LogP contribution < -0.4 is 0 Å². The highest BCUT2D eigenvalue weighted by molar-refractivity contribution is 5.13. The van der Waals surface area contributed by atoms with Crippen LogP contribution in [0, 0.1) is 5.92 Å². The topological polar surface area (TPSA) is 0 Å². The van der Waals surface area contributed by atoms with Crippen LogP contribution >= 0.6 is 0 Å². The summed E-state index contributed by atoms with van der Waals surface area (Å²) in [4.78, 5) is 0. The van der Waals surface area contributed by atoms with Crippen molar-refractivity contribution in [1.29, 1.82) is 0 Å². The fraction of sp³-hybridized carbons (Fsp3) is 1.00. The first-order valence-corrected chi connectivity index (χ1v) is 6.56. The summed E-state index contributed by atoms with van der Waals surface area (Å²) in [6, 6.07) is 0. The van der Waals surface area contributed by atoms with Gasteiger partial charge in [0.2, 0.25) is 0 Å². The molecule has 0 nitrogen and oxygen atoms in total. The maximum Gasteiger partial charge on any atom is 0.384 e. The van der Waals surface area contributed by atoms with Crippen molar-refractivity contribution in [2.45, 2.75) is 68.6 Å². The summed E-state index contributed by atoms with van der Waals surface area (Å²) in [5, 5.41) is 0. The first-order chi connectivity index (χ1) is 10.9. The second kappa shape index (κ2) is 6.28. The molecule has 14 heteroatoms. The maximum absolute atomic E-state index is 13.3. The van der Waals surface area contributed by atoms with Gasteiger partial charge in [0.25, 0.3) is 0 Å². The fourth-order valence-electron chi connectivity index (χ4n) is 1.74. The predicted molar refractivity (Wildman–Crippen MR) is 59.8 cm³/mol. The number of hydrogen-bond acceptors (Lipinski definition) is 0. The first-order valence-electron chi connectivity index (χ1n) is 6.56. The smallest absolute Gasteiger partial charge is 0.200 e. The first kappa shape index (κ1) is 25.0. The molecule has 0 unspecified atom stereocenters. The summed E-state index contributed by atoms with van der Waals surface area (Å²) in [6.07, 6.45) is -2.21. The average Bonchev–Trinajstić information content (AvgIpc) is 2.34. The molecule has 0 rings (SSSR count). The van der Waals surface area contributed by atoms with Crippen LogP contribution in [-0.4, -0.2) is 41.5 Å². The van der Waals surface area contributed by atoms with Crippen LogP contribution in [0.2, 0.25) is 0 Å². The molecule has 26 heavy (non-hydrogen) atoms. The van der Waals surface area contributed by atoms with Crippen LogP contribution in [0.15, 0.2) is 0 Å². The van der Waals surface area contributed by atoms with Gasteiger partial charge in [-0.05, 0) is 5.92 Å². The Balaban J connectivity index is 6.42. The Kier molecular flexibility index (Phi) is 6.04. The highest BCUT2D eigenvalue weighted by Crippen LogP contribution is 2.62. The van der Waals surface area contributed by atoms with Crippen molar-refractivity contribution in [2.75, 3.05) is 0 Å². The van der Waals surface area contributed by atoms with E-state index < -0.39 is 60.7 Å². The van der Waals surface area contributed by atoms with Gasteiger partial charge in [-0.3, -0.25) is 0 Å². The summed E-state index contributed by atoms with van der Waals surface area (Å²) >= 11 is 0. The molecule has 158 valence electrons. The Morgan fingerprint density at radius 1 is 0.500 bits per heavy atom. The van der Waals surface area contributed by atoms with E-state index in [2.05, 4.69) is 0 Å². The van der Waals surface area contributed by atoms with Gasteiger partial charge >= 0.3 is 41.5 Å². The van der Waals surface area contributed by atoms with Crippen molar-refractivity contribution < 1.29 is 61.5 Å². The van der Waals surface area contributed by atoms with Crippen LogP contribution in [0.1, 0.15) is 27.2 Å². The van der Waals surface area contributed by atoms with Crippen molar-refractivity contribution in [3.63, 3.8) is 0 Å². The van der Waals surface area contributed by atoms with E-state index in [4.69, 9.17) is 0 Å². The van der Waals surface area contributed by atoms with E-state index in [1.807, 2.05) is 0 Å². The summed E-state index contributed by atoms with van der Waals surface area (Å²) in [5.41, 5.74) is 0. The Labute approximate surface area is 137 Å². The number of alkyl halides is 14. The maximum atomic E-state index is 13.3. The molecular formula is C12H12F14. The zero-order valence-electron chi connectivity index (χ0n) is 13.1. The van der Waals surface area contributed by atoms with E-state index in [0.717, 1.165) is 13.8 Å². The van der Waals surface area contributed by atoms with Crippen molar-refractivity contribution in [3.8, 4) is 0 Å². The molecule has 0 heterocycles. The van der Waals surface area contributed by atoms with Gasteiger partial charge in [-0.25, -0.2) is 0 Å². The second-order valence-corrected chi connectivity index (χ2v) is 6.06. The Bertz CT molecular complexity index is 499. The minimum atomic E-state index is -7.97. The van der Waals surface area contributed by atoms with E-state index in [0.29, 0.717) is 0 Å². The third kappa shape index (κ3) is 3.32. The predicted octanol–water partition coefficient (Wildman–Crippen LogP) is 6.50. The molecule has 0 aromatic heterocycles. The van der Waals surface area contributed by atoms with Gasteiger partial charge in [-0.1, -0.05) is 13.8 Å². The second-order valence-electron chi connectivity index (χ2n) is 6.06. The van der Waals surface area contributed by atoms with Gasteiger partial charge in [-0.15, -0.1) is 0 Å². The van der Waals surface area contributed by atoms with Gasteiger partial charge in [0, 0.05) is 13.3 Å². The van der Waals surface area contributed by atoms with E-state index in [-0.39, 0.29) is 0 Å². The Morgan fingerprint density at radius 2 is 0.769 bits per heavy atom. The summed E-state index contributed by atoms with van der Waals surface area (Å²) in [6.45, 7) is 0.433. The largest absolute Gasteiger partial charge is 0.384 e. The monoisotopic (exact) mass is 422 g/mol. The number of halogens is 14. The summed E-state index contributed by atoms with van der Waals surface area (Å²) < 4.78 is 183. The third-order valence-corrected chi connectivity index (χ3v) is 3.25. The lowest BCUT2D eigenvalue weighted by atomic mass is 9.87. The molecule has 0 saturated heterocycles. The summed E-state index contributed by atoms with van der Waals surface area (Å²) in [7, 11) is 0. The van der Waals surface area contributed by atoms with Gasteiger partial charge in [0.1, 0.15) is 0 Å². The SMILES string of the molecule is CC(C)CC(F)(F)C(F)(F)C(F)(F)C(F)(F)C(F)(F)C(F)(F)C(C)(F)F. The van der Waals surface area contributed by atoms with Gasteiger partial charge in [0.05, 0.1) is 0 Å². The molecule has 0 aromatic rings. The molecule has 0 fully saturated rings. The van der Waals surface area contributed by atoms with Crippen LogP contribution in [0.3, 0.4) is 0 Å². The lowest BCUT2D eigenvalue weighted by Gasteiger charge is -2.42. The molecule has 0 bridgehead atoms. The van der Waals surface area contributed by atoms with Gasteiger partial charge in [-0.2, -0.15) is 61.5 Å². The number of rotatable bonds is 8. The van der Waals surface area contributed by atoms with Crippen molar-refractivity contribution in [3.05, 3.63) is 0 Å². The molecule has 0 aromatic carbocycles. The van der Waals surface area contributed by atoms with Gasteiger partial charge < -0.3 is 0 Å². The normalized spacial score (nSPS) is 16.4. The molecule has 0 atom stereocenters. The standard InChI is InChI=1S/C12H12F14/c1-5(2)4-7(15,16)9(19,20)11(23,24)12(25,26)10(21,22)8(17,18)6(3,13)14/h5H,4H2,1-3H3. The number of hydrogen-bond donors (Lipinski definition) is 0. The molecule has 0 aliphatic carbocycles. The minimum Gasteiger partial charge on any atom is -0.200 e. The lowest BCUT2D eigenvalue weighted by Crippen LogP contribution is -2.72. The average molecular weight is 422 g/mol. The molecule has 0 aliphatic heterocycles. The van der Waals surface area contributed by atoms with E-state index in [1.54, 1.807) is 0 Å². The van der Waals surface area contributed by atoms with Gasteiger partial charge in [0.15, 0.2) is 0 Å². The zero-order chi connectivity index (χ0) is 21.8. The molecule has 0 saturated carbocycles. The minimum absolute atomic E-state index is 0.751. The quantitative estimate of drug-likeness (QED) is 0.392. The van der Waals surface area contributed by atoms with E-state index in [1.165, 1.54) is 0 Å². The van der Waals surface area contributed by atoms with Crippen LogP contribution in [0.5, 0.6) is 0 Å². The highest BCUT2D eigenvalue weighted by Gasteiger charge is 2.92. The van der Waals surface area contributed by atoms with E-state index >= 15 is 0 Å². The highest BCUT2D eigenvalue weighted by atomic mass is 19.4. The fourth-order valence-corrected chi connectivity index (χ4v) is 1.74. The molecule has 0 spiro atoms. The van der Waals surface area contributed by atoms with Crippen molar-refractivity contribution >= 4 is 0 Å². The Morgan fingerprint density at radius 3 is 1.04 bits per heavy atom.